The van der Waals surface area contributed by atoms with Gasteiger partial charge in [0.2, 0.25) is 11.8 Å². The molecule has 0 saturated carbocycles. The number of carbonyl (C=O) groups is 3. The van der Waals surface area contributed by atoms with E-state index in [1.165, 1.54) is 0 Å². The van der Waals surface area contributed by atoms with Crippen LogP contribution < -0.4 is 16.2 Å². The first-order valence-corrected chi connectivity index (χ1v) is 8.49. The van der Waals surface area contributed by atoms with Crippen LogP contribution in [0.25, 0.3) is 0 Å². The highest BCUT2D eigenvalue weighted by atomic mass is 35.5. The molecule has 0 saturated heterocycles. The summed E-state index contributed by atoms with van der Waals surface area (Å²) >= 11 is 5.78. The fourth-order valence-electron chi connectivity index (χ4n) is 2.25. The van der Waals surface area contributed by atoms with Crippen molar-refractivity contribution < 1.29 is 14.4 Å². The maximum Gasteiger partial charge on any atom is 0.251 e. The molecule has 3 amide bonds. The first kappa shape index (κ1) is 19.5. The van der Waals surface area contributed by atoms with Crippen molar-refractivity contribution in [1.29, 1.82) is 0 Å². The summed E-state index contributed by atoms with van der Waals surface area (Å²) < 4.78 is 0. The normalized spacial score (nSPS) is 10.1. The predicted octanol–water partition coefficient (Wildman–Crippen LogP) is 2.16. The predicted molar refractivity (Wildman–Crippen MR) is 99.6 cm³/mol. The Labute approximate surface area is 156 Å². The lowest BCUT2D eigenvalue weighted by Gasteiger charge is -2.09. The van der Waals surface area contributed by atoms with Crippen molar-refractivity contribution in [3.8, 4) is 0 Å². The number of rotatable bonds is 6. The Morgan fingerprint density at radius 1 is 0.923 bits per heavy atom. The van der Waals surface area contributed by atoms with Gasteiger partial charge in [0.25, 0.3) is 5.91 Å². The molecule has 0 aliphatic rings. The number of hydrazine groups is 1. The maximum absolute atomic E-state index is 12.0. The first-order valence-electron chi connectivity index (χ1n) is 8.11. The van der Waals surface area contributed by atoms with Gasteiger partial charge in [0.15, 0.2) is 0 Å². The van der Waals surface area contributed by atoms with E-state index in [1.807, 2.05) is 19.1 Å². The van der Waals surface area contributed by atoms with Crippen molar-refractivity contribution in [1.82, 2.24) is 16.2 Å². The first-order chi connectivity index (χ1) is 12.5. The molecule has 2 aromatic rings. The van der Waals surface area contributed by atoms with Gasteiger partial charge in [0.1, 0.15) is 0 Å². The van der Waals surface area contributed by atoms with Crippen molar-refractivity contribution in [3.05, 3.63) is 70.2 Å². The van der Waals surface area contributed by atoms with E-state index in [0.29, 0.717) is 10.6 Å². The number of hydrogen-bond acceptors (Lipinski definition) is 3. The zero-order valence-corrected chi connectivity index (χ0v) is 15.1. The van der Waals surface area contributed by atoms with Gasteiger partial charge in [-0.1, -0.05) is 41.9 Å². The molecular formula is C19H20ClN3O3. The fourth-order valence-corrected chi connectivity index (χ4v) is 2.37. The Bertz CT molecular complexity index is 791. The van der Waals surface area contributed by atoms with Gasteiger partial charge < -0.3 is 5.32 Å². The lowest BCUT2D eigenvalue weighted by Crippen LogP contribution is -2.43. The van der Waals surface area contributed by atoms with Crippen LogP contribution in [0.5, 0.6) is 0 Å². The summed E-state index contributed by atoms with van der Waals surface area (Å²) in [6.45, 7) is 2.02. The van der Waals surface area contributed by atoms with Gasteiger partial charge in [-0.2, -0.15) is 0 Å². The van der Waals surface area contributed by atoms with Crippen LogP contribution in [0.15, 0.2) is 48.5 Å². The zero-order chi connectivity index (χ0) is 18.9. The second-order valence-electron chi connectivity index (χ2n) is 5.72. The van der Waals surface area contributed by atoms with Gasteiger partial charge in [-0.25, -0.2) is 0 Å². The van der Waals surface area contributed by atoms with E-state index in [1.54, 1.807) is 36.4 Å². The number of halogens is 1. The number of benzene rings is 2. The van der Waals surface area contributed by atoms with Crippen molar-refractivity contribution in [3.63, 3.8) is 0 Å². The molecule has 3 N–H and O–H groups in total. The van der Waals surface area contributed by atoms with Gasteiger partial charge in [0, 0.05) is 23.6 Å². The third kappa shape index (κ3) is 6.22. The van der Waals surface area contributed by atoms with Crippen LogP contribution in [0.2, 0.25) is 5.02 Å². The molecule has 136 valence electrons. The third-order valence-corrected chi connectivity index (χ3v) is 3.90. The summed E-state index contributed by atoms with van der Waals surface area (Å²) in [7, 11) is 0. The third-order valence-electron chi connectivity index (χ3n) is 3.65. The smallest absolute Gasteiger partial charge is 0.251 e. The van der Waals surface area contributed by atoms with Crippen molar-refractivity contribution >= 4 is 29.3 Å². The molecule has 0 aliphatic heterocycles. The topological polar surface area (TPSA) is 87.3 Å². The van der Waals surface area contributed by atoms with Crippen LogP contribution in [0.4, 0.5) is 0 Å². The van der Waals surface area contributed by atoms with Crippen molar-refractivity contribution in [2.45, 2.75) is 19.8 Å². The summed E-state index contributed by atoms with van der Waals surface area (Å²) in [5.74, 6) is -0.966. The van der Waals surface area contributed by atoms with Gasteiger partial charge >= 0.3 is 0 Å². The molecule has 7 heteroatoms. The minimum Gasteiger partial charge on any atom is -0.352 e. The molecular weight excluding hydrogens is 354 g/mol. The standard InChI is InChI=1S/C19H20ClN3O3/c1-13-4-2-3-5-16(13)19(26)21-11-10-17(24)22-23-18(25)12-14-6-8-15(20)9-7-14/h2-9H,10-12H2,1H3,(H,21,26)(H,22,24)(H,23,25). The molecule has 0 aromatic heterocycles. The second-order valence-corrected chi connectivity index (χ2v) is 6.16. The average molecular weight is 374 g/mol. The molecule has 0 aliphatic carbocycles. The molecule has 0 fully saturated rings. The monoisotopic (exact) mass is 373 g/mol. The van der Waals surface area contributed by atoms with E-state index in [9.17, 15) is 14.4 Å². The van der Waals surface area contributed by atoms with E-state index in [2.05, 4.69) is 16.2 Å². The van der Waals surface area contributed by atoms with Gasteiger partial charge in [-0.3, -0.25) is 25.2 Å². The van der Waals surface area contributed by atoms with Gasteiger partial charge in [0.05, 0.1) is 6.42 Å². The number of carbonyl (C=O) groups excluding carboxylic acids is 3. The van der Waals surface area contributed by atoms with Crippen LogP contribution in [-0.4, -0.2) is 24.3 Å². The van der Waals surface area contributed by atoms with E-state index in [0.717, 1.165) is 11.1 Å². The number of aryl methyl sites for hydroxylation is 1. The zero-order valence-electron chi connectivity index (χ0n) is 14.3. The second kappa shape index (κ2) is 9.58. The van der Waals surface area contributed by atoms with Gasteiger partial charge in [-0.15, -0.1) is 0 Å². The largest absolute Gasteiger partial charge is 0.352 e. The lowest BCUT2D eigenvalue weighted by molar-refractivity contribution is -0.128. The van der Waals surface area contributed by atoms with E-state index >= 15 is 0 Å². The van der Waals surface area contributed by atoms with Crippen LogP contribution >= 0.6 is 11.6 Å². The Hall–Kier alpha value is -2.86. The number of nitrogens with one attached hydrogen (secondary N) is 3. The molecule has 0 spiro atoms. The Balaban J connectivity index is 1.67. The molecule has 0 heterocycles. The highest BCUT2D eigenvalue weighted by Crippen LogP contribution is 2.09. The molecule has 0 bridgehead atoms. The molecule has 0 radical (unpaired) electrons. The SMILES string of the molecule is Cc1ccccc1C(=O)NCCC(=O)NNC(=O)Cc1ccc(Cl)cc1. The summed E-state index contributed by atoms with van der Waals surface area (Å²) in [6.07, 6.45) is 0.181. The molecule has 6 nitrogen and oxygen atoms in total. The molecule has 0 atom stereocenters. The fraction of sp³-hybridized carbons (Fsp3) is 0.211. The Morgan fingerprint density at radius 3 is 2.27 bits per heavy atom. The van der Waals surface area contributed by atoms with Crippen molar-refractivity contribution in [2.75, 3.05) is 6.54 Å². The van der Waals surface area contributed by atoms with Crippen LogP contribution in [-0.2, 0) is 16.0 Å². The van der Waals surface area contributed by atoms with Crippen LogP contribution in [0.3, 0.4) is 0 Å². The summed E-state index contributed by atoms with van der Waals surface area (Å²) in [5, 5.41) is 3.27. The minimum atomic E-state index is -0.389. The van der Waals surface area contributed by atoms with Crippen molar-refractivity contribution in [2.24, 2.45) is 0 Å². The van der Waals surface area contributed by atoms with Crippen LogP contribution in [0.1, 0.15) is 27.9 Å². The van der Waals surface area contributed by atoms with Crippen LogP contribution in [0, 0.1) is 6.92 Å². The highest BCUT2D eigenvalue weighted by Gasteiger charge is 2.09. The maximum atomic E-state index is 12.0. The lowest BCUT2D eigenvalue weighted by atomic mass is 10.1. The van der Waals surface area contributed by atoms with E-state index in [-0.39, 0.29) is 37.1 Å². The quantitative estimate of drug-likeness (QED) is 0.678. The number of amides is 3. The summed E-state index contributed by atoms with van der Waals surface area (Å²) in [5.41, 5.74) is 6.89. The average Bonchev–Trinajstić information content (AvgIpc) is 2.62. The molecule has 2 rings (SSSR count). The van der Waals surface area contributed by atoms with E-state index in [4.69, 9.17) is 11.6 Å². The van der Waals surface area contributed by atoms with E-state index < -0.39 is 0 Å². The minimum absolute atomic E-state index is 0.0544. The number of hydrogen-bond donors (Lipinski definition) is 3. The Morgan fingerprint density at radius 2 is 1.58 bits per heavy atom. The molecule has 26 heavy (non-hydrogen) atoms. The Kier molecular flexibility index (Phi) is 7.17. The highest BCUT2D eigenvalue weighted by molar-refractivity contribution is 6.30. The summed E-state index contributed by atoms with van der Waals surface area (Å²) in [4.78, 5) is 35.5. The summed E-state index contributed by atoms with van der Waals surface area (Å²) in [6, 6.07) is 14.1. The molecule has 0 unspecified atom stereocenters. The van der Waals surface area contributed by atoms with Gasteiger partial charge in [-0.05, 0) is 36.2 Å². The molecule has 2 aromatic carbocycles.